The van der Waals surface area contributed by atoms with Gasteiger partial charge in [-0.3, -0.25) is 10.1 Å². The molecule has 0 spiro atoms. The van der Waals surface area contributed by atoms with E-state index in [-0.39, 0.29) is 11.4 Å². The number of imidazole rings is 1. The van der Waals surface area contributed by atoms with E-state index in [0.717, 1.165) is 17.5 Å². The molecule has 2 N–H and O–H groups in total. The van der Waals surface area contributed by atoms with Crippen molar-refractivity contribution in [3.63, 3.8) is 0 Å². The largest absolute Gasteiger partial charge is 0.372 e. The summed E-state index contributed by atoms with van der Waals surface area (Å²) >= 11 is 0. The van der Waals surface area contributed by atoms with Gasteiger partial charge in [0.2, 0.25) is 0 Å². The monoisotopic (exact) mass is 264 g/mol. The molecule has 6 nitrogen and oxygen atoms in total. The Morgan fingerprint density at radius 1 is 1.47 bits per heavy atom. The Kier molecular flexibility index (Phi) is 3.46. The molecule has 100 valence electrons. The summed E-state index contributed by atoms with van der Waals surface area (Å²) in [4.78, 5) is 17.5. The van der Waals surface area contributed by atoms with E-state index in [1.54, 1.807) is 0 Å². The van der Waals surface area contributed by atoms with E-state index in [2.05, 4.69) is 15.3 Å². The fourth-order valence-electron chi connectivity index (χ4n) is 1.69. The Hall–Kier alpha value is -2.44. The summed E-state index contributed by atoms with van der Waals surface area (Å²) in [6, 6.07) is 3.41. The van der Waals surface area contributed by atoms with Gasteiger partial charge in [-0.05, 0) is 26.0 Å². The molecular formula is C12H13FN4O2. The number of rotatable bonds is 4. The Labute approximate surface area is 108 Å². The van der Waals surface area contributed by atoms with Gasteiger partial charge in [-0.15, -0.1) is 0 Å². The molecular weight excluding hydrogens is 251 g/mol. The van der Waals surface area contributed by atoms with Crippen molar-refractivity contribution < 1.29 is 9.31 Å². The third-order valence-electron chi connectivity index (χ3n) is 2.78. The average Bonchev–Trinajstić information content (AvgIpc) is 2.67. The van der Waals surface area contributed by atoms with Crippen LogP contribution in [0.15, 0.2) is 18.2 Å². The smallest absolute Gasteiger partial charge is 0.295 e. The second-order valence-corrected chi connectivity index (χ2v) is 4.17. The molecule has 0 fully saturated rings. The molecule has 2 rings (SSSR count). The number of nitro benzene ring substituents is 1. The number of aryl methyl sites for hydroxylation is 2. The van der Waals surface area contributed by atoms with E-state index in [0.29, 0.717) is 12.4 Å². The van der Waals surface area contributed by atoms with Gasteiger partial charge in [0.25, 0.3) is 5.69 Å². The third-order valence-corrected chi connectivity index (χ3v) is 2.78. The zero-order valence-electron chi connectivity index (χ0n) is 10.5. The van der Waals surface area contributed by atoms with Gasteiger partial charge < -0.3 is 10.3 Å². The van der Waals surface area contributed by atoms with E-state index in [1.807, 2.05) is 13.8 Å². The minimum atomic E-state index is -0.637. The topological polar surface area (TPSA) is 83.8 Å². The summed E-state index contributed by atoms with van der Waals surface area (Å²) in [5.74, 6) is 0.0376. The van der Waals surface area contributed by atoms with E-state index < -0.39 is 10.7 Å². The van der Waals surface area contributed by atoms with Crippen LogP contribution in [0, 0.1) is 29.8 Å². The lowest BCUT2D eigenvalue weighted by Gasteiger charge is -2.05. The molecule has 19 heavy (non-hydrogen) atoms. The first-order valence-electron chi connectivity index (χ1n) is 5.67. The molecule has 1 heterocycles. The fraction of sp³-hybridized carbons (Fsp3) is 0.250. The molecule has 0 aliphatic carbocycles. The minimum absolute atomic E-state index is 0.262. The van der Waals surface area contributed by atoms with Crippen molar-refractivity contribution in [2.24, 2.45) is 0 Å². The highest BCUT2D eigenvalue weighted by molar-refractivity contribution is 5.61. The number of nitro groups is 1. The second-order valence-electron chi connectivity index (χ2n) is 4.17. The molecule has 0 unspecified atom stereocenters. The normalized spacial score (nSPS) is 10.5. The second kappa shape index (κ2) is 5.05. The molecule has 0 atom stereocenters. The molecule has 1 aromatic heterocycles. The minimum Gasteiger partial charge on any atom is -0.372 e. The molecule has 0 aliphatic heterocycles. The summed E-state index contributed by atoms with van der Waals surface area (Å²) in [7, 11) is 0. The highest BCUT2D eigenvalue weighted by atomic mass is 19.1. The number of nitrogens with one attached hydrogen (secondary N) is 2. The van der Waals surface area contributed by atoms with Crippen LogP contribution >= 0.6 is 0 Å². The zero-order chi connectivity index (χ0) is 14.0. The van der Waals surface area contributed by atoms with Crippen LogP contribution in [0.2, 0.25) is 0 Å². The van der Waals surface area contributed by atoms with Crippen LogP contribution in [0.3, 0.4) is 0 Å². The Bertz CT molecular complexity index is 605. The lowest BCUT2D eigenvalue weighted by molar-refractivity contribution is -0.384. The van der Waals surface area contributed by atoms with E-state index >= 15 is 0 Å². The predicted octanol–water partition coefficient (Wildman–Crippen LogP) is 2.69. The van der Waals surface area contributed by atoms with Crippen LogP contribution in [0.1, 0.15) is 17.2 Å². The Morgan fingerprint density at radius 3 is 2.79 bits per heavy atom. The highest BCUT2D eigenvalue weighted by Gasteiger charge is 2.15. The molecule has 0 radical (unpaired) electrons. The van der Waals surface area contributed by atoms with Crippen molar-refractivity contribution in [1.82, 2.24) is 9.97 Å². The summed E-state index contributed by atoms with van der Waals surface area (Å²) < 4.78 is 13.0. The van der Waals surface area contributed by atoms with Crippen molar-refractivity contribution in [2.45, 2.75) is 20.4 Å². The number of aromatic nitrogens is 2. The molecule has 7 heteroatoms. The van der Waals surface area contributed by atoms with Gasteiger partial charge >= 0.3 is 0 Å². The molecule has 1 aromatic carbocycles. The number of anilines is 1. The van der Waals surface area contributed by atoms with E-state index in [4.69, 9.17) is 0 Å². The molecule has 0 saturated heterocycles. The van der Waals surface area contributed by atoms with Crippen LogP contribution in [0.4, 0.5) is 15.8 Å². The van der Waals surface area contributed by atoms with Gasteiger partial charge in [-0.25, -0.2) is 9.37 Å². The molecule has 2 aromatic rings. The van der Waals surface area contributed by atoms with Crippen LogP contribution in [-0.4, -0.2) is 14.9 Å². The van der Waals surface area contributed by atoms with Crippen LogP contribution < -0.4 is 5.32 Å². The van der Waals surface area contributed by atoms with Gasteiger partial charge in [0, 0.05) is 5.69 Å². The predicted molar refractivity (Wildman–Crippen MR) is 68.4 cm³/mol. The maximum Gasteiger partial charge on any atom is 0.295 e. The number of benzene rings is 1. The van der Waals surface area contributed by atoms with Crippen LogP contribution in [0.25, 0.3) is 0 Å². The van der Waals surface area contributed by atoms with Gasteiger partial charge in [0.05, 0.1) is 23.2 Å². The number of hydrogen-bond acceptors (Lipinski definition) is 4. The van der Waals surface area contributed by atoms with Gasteiger partial charge in [0.15, 0.2) is 0 Å². The number of halogens is 1. The van der Waals surface area contributed by atoms with Crippen LogP contribution in [-0.2, 0) is 6.54 Å². The van der Waals surface area contributed by atoms with E-state index in [1.165, 1.54) is 12.1 Å². The molecule has 0 saturated carbocycles. The van der Waals surface area contributed by atoms with Crippen molar-refractivity contribution in [2.75, 3.05) is 5.32 Å². The lowest BCUT2D eigenvalue weighted by Crippen LogP contribution is -2.04. The summed E-state index contributed by atoms with van der Waals surface area (Å²) in [6.07, 6.45) is 0. The first kappa shape index (κ1) is 13.0. The van der Waals surface area contributed by atoms with Crippen molar-refractivity contribution in [3.8, 4) is 0 Å². The number of aromatic amines is 1. The first-order chi connectivity index (χ1) is 8.97. The van der Waals surface area contributed by atoms with Gasteiger partial charge in [-0.2, -0.15) is 0 Å². The van der Waals surface area contributed by atoms with Crippen molar-refractivity contribution in [3.05, 3.63) is 51.3 Å². The highest BCUT2D eigenvalue weighted by Crippen LogP contribution is 2.25. The standard InChI is InChI=1S/C12H13FN4O2/c1-7-8(2)16-12(15-7)6-14-10-4-3-9(13)5-11(10)17(18)19/h3-5,14H,6H2,1-2H3,(H,15,16). The lowest BCUT2D eigenvalue weighted by atomic mass is 10.2. The zero-order valence-corrected chi connectivity index (χ0v) is 10.5. The summed E-state index contributed by atoms with van der Waals surface area (Å²) in [5.41, 5.74) is 1.80. The van der Waals surface area contributed by atoms with Crippen molar-refractivity contribution >= 4 is 11.4 Å². The molecule has 0 bridgehead atoms. The molecule has 0 amide bonds. The average molecular weight is 264 g/mol. The number of hydrogen-bond donors (Lipinski definition) is 2. The van der Waals surface area contributed by atoms with Crippen molar-refractivity contribution in [1.29, 1.82) is 0 Å². The quantitative estimate of drug-likeness (QED) is 0.656. The maximum atomic E-state index is 13.0. The third kappa shape index (κ3) is 2.87. The van der Waals surface area contributed by atoms with Crippen LogP contribution in [0.5, 0.6) is 0 Å². The number of nitrogens with zero attached hydrogens (tertiary/aromatic N) is 2. The Balaban J connectivity index is 2.17. The van der Waals surface area contributed by atoms with Gasteiger partial charge in [-0.1, -0.05) is 0 Å². The number of H-pyrrole nitrogens is 1. The molecule has 0 aliphatic rings. The summed E-state index contributed by atoms with van der Waals surface area (Å²) in [5, 5.41) is 13.7. The SMILES string of the molecule is Cc1nc(CNc2ccc(F)cc2[N+](=O)[O-])[nH]c1C. The maximum absolute atomic E-state index is 13.0. The summed E-state index contributed by atoms with van der Waals surface area (Å²) in [6.45, 7) is 4.07. The Morgan fingerprint density at radius 2 is 2.21 bits per heavy atom. The van der Waals surface area contributed by atoms with Gasteiger partial charge in [0.1, 0.15) is 17.3 Å². The van der Waals surface area contributed by atoms with E-state index in [9.17, 15) is 14.5 Å². The first-order valence-corrected chi connectivity index (χ1v) is 5.67. The fourth-order valence-corrected chi connectivity index (χ4v) is 1.69.